The first kappa shape index (κ1) is 13.7. The fourth-order valence-corrected chi connectivity index (χ4v) is 2.97. The molecule has 4 heteroatoms. The third-order valence-electron chi connectivity index (χ3n) is 3.73. The molecule has 1 fully saturated rings. The molecule has 16 heavy (non-hydrogen) atoms. The normalized spacial score (nSPS) is 27.8. The van der Waals surface area contributed by atoms with E-state index in [0.29, 0.717) is 6.42 Å². The van der Waals surface area contributed by atoms with E-state index in [2.05, 4.69) is 33.9 Å². The number of carbonyl (C=O) groups excluding carboxylic acids is 1. The van der Waals surface area contributed by atoms with Gasteiger partial charge in [0, 0.05) is 6.42 Å². The molecule has 1 aliphatic rings. The van der Waals surface area contributed by atoms with Crippen LogP contribution in [0.4, 0.5) is 0 Å². The van der Waals surface area contributed by atoms with Crippen molar-refractivity contribution in [3.05, 3.63) is 0 Å². The van der Waals surface area contributed by atoms with Gasteiger partial charge in [-0.3, -0.25) is 4.79 Å². The topological polar surface area (TPSA) is 35.5 Å². The zero-order valence-corrected chi connectivity index (χ0v) is 12.3. The molecule has 0 bridgehead atoms. The smallest absolute Gasteiger partial charge is 0.306 e. The second-order valence-electron chi connectivity index (χ2n) is 6.15. The Morgan fingerprint density at radius 3 is 2.38 bits per heavy atom. The van der Waals surface area contributed by atoms with E-state index < -0.39 is 8.32 Å². The van der Waals surface area contributed by atoms with Crippen LogP contribution in [0.3, 0.4) is 0 Å². The summed E-state index contributed by atoms with van der Waals surface area (Å²) >= 11 is 0. The molecule has 0 aliphatic carbocycles. The van der Waals surface area contributed by atoms with Gasteiger partial charge in [-0.2, -0.15) is 0 Å². The van der Waals surface area contributed by atoms with Gasteiger partial charge >= 0.3 is 5.97 Å². The van der Waals surface area contributed by atoms with Gasteiger partial charge in [0.1, 0.15) is 6.10 Å². The Morgan fingerprint density at radius 1 is 1.38 bits per heavy atom. The Morgan fingerprint density at radius 2 is 1.94 bits per heavy atom. The van der Waals surface area contributed by atoms with E-state index >= 15 is 0 Å². The average molecular weight is 244 g/mol. The van der Waals surface area contributed by atoms with E-state index in [1.54, 1.807) is 0 Å². The Hall–Kier alpha value is -0.353. The Bertz CT molecular complexity index is 268. The van der Waals surface area contributed by atoms with Crippen LogP contribution in [0.15, 0.2) is 0 Å². The van der Waals surface area contributed by atoms with Crippen LogP contribution in [0, 0.1) is 0 Å². The molecule has 1 rings (SSSR count). The van der Waals surface area contributed by atoms with Gasteiger partial charge in [-0.25, -0.2) is 0 Å². The SMILES string of the molecule is C[C@H]1OC(=O)CC[C@@H]1O[Si](C)(C)C(C)(C)C. The number of rotatable bonds is 2. The summed E-state index contributed by atoms with van der Waals surface area (Å²) in [6.07, 6.45) is 1.27. The maximum absolute atomic E-state index is 11.1. The van der Waals surface area contributed by atoms with Crippen molar-refractivity contribution in [3.8, 4) is 0 Å². The van der Waals surface area contributed by atoms with Crippen molar-refractivity contribution in [2.45, 2.75) is 70.9 Å². The number of cyclic esters (lactones) is 1. The molecule has 1 heterocycles. The van der Waals surface area contributed by atoms with E-state index in [9.17, 15) is 4.79 Å². The van der Waals surface area contributed by atoms with Crippen molar-refractivity contribution in [1.82, 2.24) is 0 Å². The highest BCUT2D eigenvalue weighted by molar-refractivity contribution is 6.74. The predicted molar refractivity (Wildman–Crippen MR) is 66.9 cm³/mol. The van der Waals surface area contributed by atoms with Crippen LogP contribution in [0.2, 0.25) is 18.1 Å². The summed E-state index contributed by atoms with van der Waals surface area (Å²) in [6.45, 7) is 13.1. The standard InChI is InChI=1S/C12H24O3Si/c1-9-10(7-8-11(13)14-9)15-16(5,6)12(2,3)4/h9-10H,7-8H2,1-6H3/t9-,10+/m1/s1. The summed E-state index contributed by atoms with van der Waals surface area (Å²) in [6, 6.07) is 0. The molecule has 0 N–H and O–H groups in total. The molecule has 0 amide bonds. The first-order valence-corrected chi connectivity index (χ1v) is 8.91. The van der Waals surface area contributed by atoms with E-state index in [1.165, 1.54) is 0 Å². The number of hydrogen-bond donors (Lipinski definition) is 0. The minimum Gasteiger partial charge on any atom is -0.460 e. The van der Waals surface area contributed by atoms with E-state index in [1.807, 2.05) is 6.92 Å². The lowest BCUT2D eigenvalue weighted by molar-refractivity contribution is -0.160. The number of esters is 1. The van der Waals surface area contributed by atoms with Gasteiger partial charge in [-0.05, 0) is 31.5 Å². The molecule has 0 aromatic rings. The van der Waals surface area contributed by atoms with Gasteiger partial charge < -0.3 is 9.16 Å². The third-order valence-corrected chi connectivity index (χ3v) is 8.23. The summed E-state index contributed by atoms with van der Waals surface area (Å²) in [7, 11) is -1.75. The molecule has 0 radical (unpaired) electrons. The first-order valence-electron chi connectivity index (χ1n) is 6.01. The van der Waals surface area contributed by atoms with Crippen molar-refractivity contribution in [2.24, 2.45) is 0 Å². The van der Waals surface area contributed by atoms with E-state index in [4.69, 9.17) is 9.16 Å². The highest BCUT2D eigenvalue weighted by atomic mass is 28.4. The highest BCUT2D eigenvalue weighted by Crippen LogP contribution is 2.38. The molecular weight excluding hydrogens is 220 g/mol. The minimum absolute atomic E-state index is 0.0820. The van der Waals surface area contributed by atoms with Crippen molar-refractivity contribution >= 4 is 14.3 Å². The van der Waals surface area contributed by atoms with Crippen LogP contribution in [0.25, 0.3) is 0 Å². The van der Waals surface area contributed by atoms with Crippen molar-refractivity contribution in [3.63, 3.8) is 0 Å². The maximum Gasteiger partial charge on any atom is 0.306 e. The molecule has 94 valence electrons. The molecule has 0 unspecified atom stereocenters. The fourth-order valence-electron chi connectivity index (χ4n) is 1.55. The molecule has 1 saturated heterocycles. The molecular formula is C12H24O3Si. The first-order chi connectivity index (χ1) is 7.13. The highest BCUT2D eigenvalue weighted by Gasteiger charge is 2.41. The average Bonchev–Trinajstić information content (AvgIpc) is 2.08. The van der Waals surface area contributed by atoms with Crippen LogP contribution in [0.5, 0.6) is 0 Å². The fraction of sp³-hybridized carbons (Fsp3) is 0.917. The van der Waals surface area contributed by atoms with Crippen molar-refractivity contribution < 1.29 is 14.0 Å². The number of ether oxygens (including phenoxy) is 1. The summed E-state index contributed by atoms with van der Waals surface area (Å²) < 4.78 is 11.5. The van der Waals surface area contributed by atoms with Gasteiger partial charge in [0.05, 0.1) is 6.10 Å². The molecule has 1 aliphatic heterocycles. The molecule has 0 aromatic heterocycles. The maximum atomic E-state index is 11.1. The van der Waals surface area contributed by atoms with Crippen molar-refractivity contribution in [2.75, 3.05) is 0 Å². The second kappa shape index (κ2) is 4.49. The molecule has 0 aromatic carbocycles. The Labute approximate surface area is 99.6 Å². The summed E-state index contributed by atoms with van der Waals surface area (Å²) in [5.41, 5.74) is 0. The van der Waals surface area contributed by atoms with Crippen LogP contribution < -0.4 is 0 Å². The lowest BCUT2D eigenvalue weighted by atomic mass is 10.1. The van der Waals surface area contributed by atoms with Gasteiger partial charge in [0.15, 0.2) is 8.32 Å². The lowest BCUT2D eigenvalue weighted by Crippen LogP contribution is -2.48. The van der Waals surface area contributed by atoms with Crippen LogP contribution in [-0.4, -0.2) is 26.5 Å². The van der Waals surface area contributed by atoms with Crippen molar-refractivity contribution in [1.29, 1.82) is 0 Å². The zero-order chi connectivity index (χ0) is 12.6. The van der Waals surface area contributed by atoms with Crippen LogP contribution >= 0.6 is 0 Å². The van der Waals surface area contributed by atoms with Crippen LogP contribution in [0.1, 0.15) is 40.5 Å². The number of hydrogen-bond acceptors (Lipinski definition) is 3. The molecule has 0 spiro atoms. The minimum atomic E-state index is -1.75. The third kappa shape index (κ3) is 3.07. The lowest BCUT2D eigenvalue weighted by Gasteiger charge is -2.41. The van der Waals surface area contributed by atoms with E-state index in [-0.39, 0.29) is 23.2 Å². The largest absolute Gasteiger partial charge is 0.460 e. The van der Waals surface area contributed by atoms with Gasteiger partial charge in [-0.15, -0.1) is 0 Å². The van der Waals surface area contributed by atoms with Gasteiger partial charge in [0.25, 0.3) is 0 Å². The quantitative estimate of drug-likeness (QED) is 0.553. The molecule has 2 atom stereocenters. The zero-order valence-electron chi connectivity index (χ0n) is 11.3. The Balaban J connectivity index is 2.64. The Kier molecular flexibility index (Phi) is 3.85. The van der Waals surface area contributed by atoms with Gasteiger partial charge in [-0.1, -0.05) is 20.8 Å². The van der Waals surface area contributed by atoms with E-state index in [0.717, 1.165) is 6.42 Å². The summed E-state index contributed by atoms with van der Waals surface area (Å²) in [4.78, 5) is 11.1. The second-order valence-corrected chi connectivity index (χ2v) is 10.9. The summed E-state index contributed by atoms with van der Waals surface area (Å²) in [5.74, 6) is -0.0948. The number of carbonyl (C=O) groups is 1. The van der Waals surface area contributed by atoms with Crippen LogP contribution in [-0.2, 0) is 14.0 Å². The molecule has 3 nitrogen and oxygen atoms in total. The summed E-state index contributed by atoms with van der Waals surface area (Å²) in [5, 5.41) is 0.203. The monoisotopic (exact) mass is 244 g/mol. The molecule has 0 saturated carbocycles. The van der Waals surface area contributed by atoms with Gasteiger partial charge in [0.2, 0.25) is 0 Å². The predicted octanol–water partition coefficient (Wildman–Crippen LogP) is 3.10.